The van der Waals surface area contributed by atoms with Crippen LogP contribution in [0.5, 0.6) is 0 Å². The molecule has 2 heterocycles. The number of pyridine rings is 1. The summed E-state index contributed by atoms with van der Waals surface area (Å²) < 4.78 is 6.07. The second-order valence-electron chi connectivity index (χ2n) is 6.85. The van der Waals surface area contributed by atoms with E-state index in [0.29, 0.717) is 0 Å². The second-order valence-corrected chi connectivity index (χ2v) is 6.85. The van der Waals surface area contributed by atoms with Crippen LogP contribution in [0.2, 0.25) is 0 Å². The van der Waals surface area contributed by atoms with E-state index in [1.54, 1.807) is 0 Å². The summed E-state index contributed by atoms with van der Waals surface area (Å²) in [6.45, 7) is 0. The third kappa shape index (κ3) is 2.10. The molecule has 0 bridgehead atoms. The van der Waals surface area contributed by atoms with Gasteiger partial charge in [-0.1, -0.05) is 60.7 Å². The van der Waals surface area contributed by atoms with Gasteiger partial charge in [-0.05, 0) is 40.4 Å². The average molecular weight is 345 g/mol. The molecule has 0 amide bonds. The fourth-order valence-electron chi connectivity index (χ4n) is 4.04. The molecule has 0 saturated carbocycles. The third-order valence-electron chi connectivity index (χ3n) is 5.32. The van der Waals surface area contributed by atoms with Crippen LogP contribution in [0.25, 0.3) is 54.7 Å². The average Bonchev–Trinajstić information content (AvgIpc) is 3.11. The van der Waals surface area contributed by atoms with Crippen LogP contribution in [0, 0.1) is 0 Å². The normalized spacial score (nSPS) is 11.7. The Bertz CT molecular complexity index is 1480. The molecule has 126 valence electrons. The molecular weight excluding hydrogens is 330 g/mol. The zero-order valence-electron chi connectivity index (χ0n) is 14.5. The summed E-state index contributed by atoms with van der Waals surface area (Å²) >= 11 is 0. The molecular formula is C25H15NO. The van der Waals surface area contributed by atoms with Crippen molar-refractivity contribution in [3.8, 4) is 11.3 Å². The first kappa shape index (κ1) is 14.5. The van der Waals surface area contributed by atoms with Gasteiger partial charge in [-0.3, -0.25) is 4.98 Å². The third-order valence-corrected chi connectivity index (χ3v) is 5.32. The largest absolute Gasteiger partial charge is 0.456 e. The Morgan fingerprint density at radius 2 is 1.33 bits per heavy atom. The lowest BCUT2D eigenvalue weighted by atomic mass is 9.98. The SMILES string of the molecule is c1ccc2c(c1)ccc1c(-c3ccc4c(c3)oc3ccccc34)nccc12. The number of hydrogen-bond donors (Lipinski definition) is 0. The highest BCUT2D eigenvalue weighted by Crippen LogP contribution is 2.35. The molecule has 0 fully saturated rings. The maximum atomic E-state index is 6.07. The molecule has 2 aromatic heterocycles. The topological polar surface area (TPSA) is 26.0 Å². The van der Waals surface area contributed by atoms with Gasteiger partial charge in [0.2, 0.25) is 0 Å². The molecule has 0 aliphatic heterocycles. The van der Waals surface area contributed by atoms with Gasteiger partial charge in [0.1, 0.15) is 11.2 Å². The number of fused-ring (bicyclic) bond motifs is 6. The van der Waals surface area contributed by atoms with Gasteiger partial charge < -0.3 is 4.42 Å². The molecule has 6 aromatic rings. The Hall–Kier alpha value is -3.65. The highest BCUT2D eigenvalue weighted by molar-refractivity contribution is 6.12. The molecule has 0 spiro atoms. The first-order valence-corrected chi connectivity index (χ1v) is 9.07. The molecule has 0 aliphatic carbocycles. The van der Waals surface area contributed by atoms with Crippen LogP contribution >= 0.6 is 0 Å². The minimum atomic E-state index is 0.897. The Kier molecular flexibility index (Phi) is 2.91. The maximum absolute atomic E-state index is 6.07. The van der Waals surface area contributed by atoms with Crippen LogP contribution in [0.15, 0.2) is 95.5 Å². The van der Waals surface area contributed by atoms with Crippen molar-refractivity contribution in [3.63, 3.8) is 0 Å². The smallest absolute Gasteiger partial charge is 0.136 e. The van der Waals surface area contributed by atoms with Crippen molar-refractivity contribution in [1.82, 2.24) is 4.98 Å². The van der Waals surface area contributed by atoms with Crippen molar-refractivity contribution in [2.75, 3.05) is 0 Å². The summed E-state index contributed by atoms with van der Waals surface area (Å²) in [6, 6.07) is 29.5. The minimum absolute atomic E-state index is 0.897. The Labute approximate surface area is 155 Å². The summed E-state index contributed by atoms with van der Waals surface area (Å²) in [5, 5.41) is 7.17. The number of hydrogen-bond acceptors (Lipinski definition) is 2. The lowest BCUT2D eigenvalue weighted by Gasteiger charge is -2.08. The molecule has 0 radical (unpaired) electrons. The van der Waals surface area contributed by atoms with Crippen molar-refractivity contribution < 1.29 is 4.42 Å². The lowest BCUT2D eigenvalue weighted by molar-refractivity contribution is 0.669. The molecule has 2 nitrogen and oxygen atoms in total. The molecule has 2 heteroatoms. The number of furan rings is 1. The van der Waals surface area contributed by atoms with E-state index >= 15 is 0 Å². The maximum Gasteiger partial charge on any atom is 0.136 e. The Morgan fingerprint density at radius 3 is 2.30 bits per heavy atom. The molecule has 0 atom stereocenters. The molecule has 0 aliphatic rings. The quantitative estimate of drug-likeness (QED) is 0.301. The summed E-state index contributed by atoms with van der Waals surface area (Å²) in [5.41, 5.74) is 3.87. The number of nitrogens with zero attached hydrogens (tertiary/aromatic N) is 1. The summed E-state index contributed by atoms with van der Waals surface area (Å²) in [4.78, 5) is 4.70. The van der Waals surface area contributed by atoms with E-state index in [1.165, 1.54) is 16.2 Å². The summed E-state index contributed by atoms with van der Waals surface area (Å²) in [5.74, 6) is 0. The van der Waals surface area contributed by atoms with Crippen molar-refractivity contribution in [2.45, 2.75) is 0 Å². The molecule has 0 saturated heterocycles. The van der Waals surface area contributed by atoms with Crippen molar-refractivity contribution in [2.24, 2.45) is 0 Å². The van der Waals surface area contributed by atoms with E-state index in [4.69, 9.17) is 9.40 Å². The van der Waals surface area contributed by atoms with E-state index in [2.05, 4.69) is 66.7 Å². The molecule has 4 aromatic carbocycles. The fourth-order valence-corrected chi connectivity index (χ4v) is 4.04. The first-order chi connectivity index (χ1) is 13.4. The predicted octanol–water partition coefficient (Wildman–Crippen LogP) is 6.95. The van der Waals surface area contributed by atoms with E-state index in [1.807, 2.05) is 24.4 Å². The van der Waals surface area contributed by atoms with Gasteiger partial charge in [0.05, 0.1) is 5.69 Å². The molecule has 27 heavy (non-hydrogen) atoms. The number of rotatable bonds is 1. The molecule has 0 N–H and O–H groups in total. The highest BCUT2D eigenvalue weighted by Gasteiger charge is 2.11. The van der Waals surface area contributed by atoms with Crippen LogP contribution in [0.1, 0.15) is 0 Å². The Morgan fingerprint density at radius 1 is 0.556 bits per heavy atom. The monoisotopic (exact) mass is 345 g/mol. The van der Waals surface area contributed by atoms with E-state index in [9.17, 15) is 0 Å². The van der Waals surface area contributed by atoms with E-state index < -0.39 is 0 Å². The van der Waals surface area contributed by atoms with Gasteiger partial charge in [-0.2, -0.15) is 0 Å². The number of aromatic nitrogens is 1. The van der Waals surface area contributed by atoms with Crippen LogP contribution in [-0.4, -0.2) is 4.98 Å². The van der Waals surface area contributed by atoms with E-state index in [-0.39, 0.29) is 0 Å². The van der Waals surface area contributed by atoms with Gasteiger partial charge in [-0.25, -0.2) is 0 Å². The van der Waals surface area contributed by atoms with Crippen molar-refractivity contribution in [1.29, 1.82) is 0 Å². The lowest BCUT2D eigenvalue weighted by Crippen LogP contribution is -1.87. The standard InChI is InChI=1S/C25H15NO/c1-2-6-18-16(5-1)9-12-22-19(18)13-14-26-25(22)17-10-11-21-20-7-3-4-8-23(20)27-24(21)15-17/h1-15H. The van der Waals surface area contributed by atoms with Crippen LogP contribution < -0.4 is 0 Å². The Balaban J connectivity index is 1.65. The minimum Gasteiger partial charge on any atom is -0.456 e. The van der Waals surface area contributed by atoms with Crippen molar-refractivity contribution in [3.05, 3.63) is 91.1 Å². The zero-order valence-corrected chi connectivity index (χ0v) is 14.5. The van der Waals surface area contributed by atoms with Gasteiger partial charge >= 0.3 is 0 Å². The van der Waals surface area contributed by atoms with Crippen LogP contribution in [0.3, 0.4) is 0 Å². The van der Waals surface area contributed by atoms with Gasteiger partial charge in [0.25, 0.3) is 0 Å². The summed E-state index contributed by atoms with van der Waals surface area (Å²) in [7, 11) is 0. The first-order valence-electron chi connectivity index (χ1n) is 9.07. The number of para-hydroxylation sites is 1. The summed E-state index contributed by atoms with van der Waals surface area (Å²) in [6.07, 6.45) is 1.90. The second kappa shape index (κ2) is 5.42. The fraction of sp³-hybridized carbons (Fsp3) is 0. The van der Waals surface area contributed by atoms with Crippen molar-refractivity contribution >= 4 is 43.5 Å². The van der Waals surface area contributed by atoms with Gasteiger partial charge in [0.15, 0.2) is 0 Å². The molecule has 6 rings (SSSR count). The molecule has 0 unspecified atom stereocenters. The number of benzene rings is 4. The highest BCUT2D eigenvalue weighted by atomic mass is 16.3. The van der Waals surface area contributed by atoms with Gasteiger partial charge in [-0.15, -0.1) is 0 Å². The zero-order chi connectivity index (χ0) is 17.8. The van der Waals surface area contributed by atoms with Crippen LogP contribution in [-0.2, 0) is 0 Å². The van der Waals surface area contributed by atoms with Gasteiger partial charge in [0, 0.05) is 27.9 Å². The predicted molar refractivity (Wildman–Crippen MR) is 112 cm³/mol. The van der Waals surface area contributed by atoms with E-state index in [0.717, 1.165) is 38.6 Å². The van der Waals surface area contributed by atoms with Crippen LogP contribution in [0.4, 0.5) is 0 Å².